The van der Waals surface area contributed by atoms with Crippen LogP contribution in [0.25, 0.3) is 0 Å². The zero-order valence-electron chi connectivity index (χ0n) is 10.7. The van der Waals surface area contributed by atoms with Gasteiger partial charge in [0.15, 0.2) is 0 Å². The van der Waals surface area contributed by atoms with E-state index in [2.05, 4.69) is 11.4 Å². The van der Waals surface area contributed by atoms with Crippen molar-refractivity contribution in [3.05, 3.63) is 0 Å². The maximum Gasteiger partial charge on any atom is 0.0672 e. The van der Waals surface area contributed by atoms with Crippen LogP contribution in [0.15, 0.2) is 0 Å². The van der Waals surface area contributed by atoms with Crippen LogP contribution in [0, 0.1) is 23.2 Å². The first-order chi connectivity index (χ1) is 8.40. The number of hydrogen-bond acceptors (Lipinski definition) is 3. The lowest BCUT2D eigenvalue weighted by atomic mass is 9.85. The summed E-state index contributed by atoms with van der Waals surface area (Å²) in [7, 11) is 0. The fourth-order valence-electron chi connectivity index (χ4n) is 2.53. The van der Waals surface area contributed by atoms with Gasteiger partial charge >= 0.3 is 0 Å². The molecule has 0 saturated heterocycles. The Labute approximate surface area is 105 Å². The fraction of sp³-hybridized carbons (Fsp3) is 0.929. The van der Waals surface area contributed by atoms with Crippen molar-refractivity contribution in [2.75, 3.05) is 19.8 Å². The lowest BCUT2D eigenvalue weighted by molar-refractivity contribution is 0.120. The van der Waals surface area contributed by atoms with Gasteiger partial charge in [0.1, 0.15) is 0 Å². The molecule has 2 rings (SSSR count). The molecular formula is C14H24N2O. The summed E-state index contributed by atoms with van der Waals surface area (Å²) in [6, 6.07) is 2.86. The Kier molecular flexibility index (Phi) is 5.28. The number of nitriles is 1. The molecule has 0 radical (unpaired) electrons. The lowest BCUT2D eigenvalue weighted by Gasteiger charge is -2.27. The molecule has 2 fully saturated rings. The van der Waals surface area contributed by atoms with Crippen LogP contribution in [0.4, 0.5) is 0 Å². The van der Waals surface area contributed by atoms with Crippen molar-refractivity contribution < 1.29 is 4.74 Å². The molecule has 3 heteroatoms. The number of ether oxygens (including phenoxy) is 1. The van der Waals surface area contributed by atoms with Crippen LogP contribution in [0.1, 0.15) is 44.9 Å². The Morgan fingerprint density at radius 3 is 2.76 bits per heavy atom. The van der Waals surface area contributed by atoms with E-state index in [-0.39, 0.29) is 5.92 Å². The number of nitrogens with one attached hydrogen (secondary N) is 1. The molecule has 2 unspecified atom stereocenters. The van der Waals surface area contributed by atoms with Gasteiger partial charge in [0.05, 0.1) is 12.0 Å². The van der Waals surface area contributed by atoms with Crippen LogP contribution in [-0.4, -0.2) is 25.8 Å². The average Bonchev–Trinajstić information content (AvgIpc) is 3.18. The van der Waals surface area contributed by atoms with E-state index < -0.39 is 0 Å². The highest BCUT2D eigenvalue weighted by Gasteiger charge is 2.24. The van der Waals surface area contributed by atoms with E-state index in [1.165, 1.54) is 32.1 Å². The predicted octanol–water partition coefficient (Wildman–Crippen LogP) is 2.48. The molecule has 0 aromatic rings. The molecule has 3 nitrogen and oxygen atoms in total. The van der Waals surface area contributed by atoms with E-state index in [9.17, 15) is 0 Å². The Morgan fingerprint density at radius 1 is 1.18 bits per heavy atom. The van der Waals surface area contributed by atoms with E-state index in [0.29, 0.717) is 6.04 Å². The maximum atomic E-state index is 9.06. The third-order valence-electron chi connectivity index (χ3n) is 3.85. The Morgan fingerprint density at radius 2 is 2.00 bits per heavy atom. The summed E-state index contributed by atoms with van der Waals surface area (Å²) in [6.45, 7) is 2.82. The quantitative estimate of drug-likeness (QED) is 0.691. The van der Waals surface area contributed by atoms with Gasteiger partial charge in [-0.3, -0.25) is 0 Å². The minimum atomic E-state index is 0.233. The van der Waals surface area contributed by atoms with Crippen LogP contribution in [0.2, 0.25) is 0 Å². The molecule has 0 aromatic carbocycles. The third kappa shape index (κ3) is 4.65. The number of nitrogens with zero attached hydrogens (tertiary/aromatic N) is 1. The van der Waals surface area contributed by atoms with Crippen LogP contribution in [-0.2, 0) is 4.74 Å². The molecule has 0 amide bonds. The molecule has 2 atom stereocenters. The zero-order chi connectivity index (χ0) is 11.9. The van der Waals surface area contributed by atoms with E-state index in [1.807, 2.05) is 0 Å². The largest absolute Gasteiger partial charge is 0.381 e. The minimum Gasteiger partial charge on any atom is -0.381 e. The van der Waals surface area contributed by atoms with Gasteiger partial charge in [-0.05, 0) is 44.6 Å². The van der Waals surface area contributed by atoms with Crippen LogP contribution >= 0.6 is 0 Å². The van der Waals surface area contributed by atoms with E-state index in [0.717, 1.165) is 38.5 Å². The highest BCUT2D eigenvalue weighted by molar-refractivity contribution is 4.94. The van der Waals surface area contributed by atoms with Crippen LogP contribution in [0.5, 0.6) is 0 Å². The highest BCUT2D eigenvalue weighted by Crippen LogP contribution is 2.28. The van der Waals surface area contributed by atoms with Crippen molar-refractivity contribution in [2.24, 2.45) is 11.8 Å². The monoisotopic (exact) mass is 236 g/mol. The highest BCUT2D eigenvalue weighted by atomic mass is 16.5. The first-order valence-corrected chi connectivity index (χ1v) is 7.11. The van der Waals surface area contributed by atoms with Gasteiger partial charge < -0.3 is 10.1 Å². The van der Waals surface area contributed by atoms with Gasteiger partial charge in [-0.1, -0.05) is 12.8 Å². The average molecular weight is 236 g/mol. The fourth-order valence-corrected chi connectivity index (χ4v) is 2.53. The van der Waals surface area contributed by atoms with Gasteiger partial charge in [-0.25, -0.2) is 0 Å². The van der Waals surface area contributed by atoms with Gasteiger partial charge in [0.25, 0.3) is 0 Å². The summed E-state index contributed by atoms with van der Waals surface area (Å²) in [5.74, 6) is 1.10. The molecule has 2 saturated carbocycles. The normalized spacial score (nSPS) is 28.9. The van der Waals surface area contributed by atoms with E-state index in [1.54, 1.807) is 0 Å². The van der Waals surface area contributed by atoms with Crippen molar-refractivity contribution in [1.82, 2.24) is 5.32 Å². The third-order valence-corrected chi connectivity index (χ3v) is 3.85. The Bertz CT molecular complexity index is 257. The lowest BCUT2D eigenvalue weighted by Crippen LogP contribution is -2.38. The van der Waals surface area contributed by atoms with Crippen molar-refractivity contribution in [1.29, 1.82) is 5.26 Å². The Hall–Kier alpha value is -0.590. The topological polar surface area (TPSA) is 45.0 Å². The molecular weight excluding hydrogens is 212 g/mol. The van der Waals surface area contributed by atoms with E-state index >= 15 is 0 Å². The molecule has 17 heavy (non-hydrogen) atoms. The smallest absolute Gasteiger partial charge is 0.0672 e. The molecule has 0 bridgehead atoms. The second kappa shape index (κ2) is 6.98. The summed E-state index contributed by atoms with van der Waals surface area (Å²) in [5.41, 5.74) is 0. The van der Waals surface area contributed by atoms with Crippen LogP contribution < -0.4 is 5.32 Å². The van der Waals surface area contributed by atoms with E-state index in [4.69, 9.17) is 10.00 Å². The molecule has 0 spiro atoms. The molecule has 0 heterocycles. The molecule has 2 aliphatic carbocycles. The van der Waals surface area contributed by atoms with Gasteiger partial charge in [0, 0.05) is 19.3 Å². The zero-order valence-corrected chi connectivity index (χ0v) is 10.7. The number of rotatable bonds is 7. The summed E-state index contributed by atoms with van der Waals surface area (Å²) < 4.78 is 5.60. The summed E-state index contributed by atoms with van der Waals surface area (Å²) in [5, 5.41) is 12.6. The first kappa shape index (κ1) is 12.9. The van der Waals surface area contributed by atoms with Crippen molar-refractivity contribution in [2.45, 2.75) is 51.0 Å². The SMILES string of the molecule is N#CC1CCCCC1NCCCOCC1CC1. The Balaban J connectivity index is 1.49. The molecule has 0 aromatic heterocycles. The standard InChI is InChI=1S/C14H24N2O/c15-10-13-4-1-2-5-14(13)16-8-3-9-17-11-12-6-7-12/h12-14,16H,1-9,11H2. The summed E-state index contributed by atoms with van der Waals surface area (Å²) >= 11 is 0. The second-order valence-corrected chi connectivity index (χ2v) is 5.45. The predicted molar refractivity (Wildman–Crippen MR) is 67.5 cm³/mol. The summed E-state index contributed by atoms with van der Waals surface area (Å²) in [4.78, 5) is 0. The van der Waals surface area contributed by atoms with Crippen molar-refractivity contribution in [3.63, 3.8) is 0 Å². The van der Waals surface area contributed by atoms with Gasteiger partial charge in [-0.2, -0.15) is 5.26 Å². The number of hydrogen-bond donors (Lipinski definition) is 1. The molecule has 0 aliphatic heterocycles. The van der Waals surface area contributed by atoms with Crippen LogP contribution in [0.3, 0.4) is 0 Å². The second-order valence-electron chi connectivity index (χ2n) is 5.45. The van der Waals surface area contributed by atoms with Crippen molar-refractivity contribution >= 4 is 0 Å². The van der Waals surface area contributed by atoms with Gasteiger partial charge in [0.2, 0.25) is 0 Å². The maximum absolute atomic E-state index is 9.06. The van der Waals surface area contributed by atoms with Crippen molar-refractivity contribution in [3.8, 4) is 6.07 Å². The molecule has 96 valence electrons. The first-order valence-electron chi connectivity index (χ1n) is 7.11. The minimum absolute atomic E-state index is 0.233. The summed E-state index contributed by atoms with van der Waals surface area (Å²) in [6.07, 6.45) is 8.54. The molecule has 2 aliphatic rings. The molecule has 1 N–H and O–H groups in total. The van der Waals surface area contributed by atoms with Gasteiger partial charge in [-0.15, -0.1) is 0 Å².